The van der Waals surface area contributed by atoms with Crippen molar-refractivity contribution in [3.63, 3.8) is 0 Å². The van der Waals surface area contributed by atoms with E-state index >= 15 is 0 Å². The fraction of sp³-hybridized carbons (Fsp3) is 0.545. The molecular formula is C22H25F3N4O4. The van der Waals surface area contributed by atoms with Crippen LogP contribution in [0.25, 0.3) is 0 Å². The van der Waals surface area contributed by atoms with Crippen molar-refractivity contribution in [1.29, 1.82) is 0 Å². The molecule has 0 N–H and O–H groups in total. The molecule has 1 aromatic carbocycles. The van der Waals surface area contributed by atoms with E-state index < -0.39 is 11.7 Å². The van der Waals surface area contributed by atoms with Crippen molar-refractivity contribution in [3.05, 3.63) is 47.1 Å². The minimum atomic E-state index is -4.41. The van der Waals surface area contributed by atoms with Crippen LogP contribution in [-0.2, 0) is 22.1 Å². The second-order valence-electron chi connectivity index (χ2n) is 8.29. The number of carbonyl (C=O) groups excluding carboxylic acids is 2. The van der Waals surface area contributed by atoms with E-state index in [9.17, 15) is 22.8 Å². The number of nitrogens with zero attached hydrogens (tertiary/aromatic N) is 4. The predicted octanol–water partition coefficient (Wildman–Crippen LogP) is 3.25. The Morgan fingerprint density at radius 1 is 1.09 bits per heavy atom. The molecule has 8 nitrogen and oxygen atoms in total. The van der Waals surface area contributed by atoms with Crippen molar-refractivity contribution in [3.8, 4) is 0 Å². The Bertz CT molecular complexity index is 957. The third kappa shape index (κ3) is 5.52. The van der Waals surface area contributed by atoms with Gasteiger partial charge in [-0.05, 0) is 24.1 Å². The van der Waals surface area contributed by atoms with Crippen LogP contribution < -0.4 is 0 Å². The number of morpholine rings is 1. The van der Waals surface area contributed by atoms with Crippen LogP contribution in [0.2, 0.25) is 0 Å². The number of hydrogen-bond acceptors (Lipinski definition) is 6. The van der Waals surface area contributed by atoms with Crippen LogP contribution in [0, 0.1) is 0 Å². The van der Waals surface area contributed by atoms with Crippen molar-refractivity contribution in [2.24, 2.45) is 0 Å². The summed E-state index contributed by atoms with van der Waals surface area (Å²) in [6, 6.07) is 4.94. The fourth-order valence-corrected chi connectivity index (χ4v) is 4.30. The molecule has 0 aliphatic carbocycles. The Morgan fingerprint density at radius 3 is 2.45 bits per heavy atom. The zero-order valence-corrected chi connectivity index (χ0v) is 18.0. The molecule has 33 heavy (non-hydrogen) atoms. The highest BCUT2D eigenvalue weighted by Gasteiger charge is 2.37. The third-order valence-electron chi connectivity index (χ3n) is 6.04. The van der Waals surface area contributed by atoms with Crippen LogP contribution in [0.4, 0.5) is 18.0 Å². The smallest absolute Gasteiger partial charge is 0.378 e. The fourth-order valence-electron chi connectivity index (χ4n) is 4.30. The molecule has 2 unspecified atom stereocenters. The highest BCUT2D eigenvalue weighted by molar-refractivity contribution is 5.75. The van der Waals surface area contributed by atoms with Crippen LogP contribution in [-0.4, -0.2) is 71.7 Å². The zero-order valence-electron chi connectivity index (χ0n) is 18.0. The van der Waals surface area contributed by atoms with Crippen molar-refractivity contribution in [2.45, 2.75) is 37.3 Å². The maximum atomic E-state index is 13.2. The number of rotatable bonds is 5. The number of halogens is 3. The highest BCUT2D eigenvalue weighted by Crippen LogP contribution is 2.37. The summed E-state index contributed by atoms with van der Waals surface area (Å²) >= 11 is 0. The summed E-state index contributed by atoms with van der Waals surface area (Å²) < 4.78 is 49.6. The first-order valence-electron chi connectivity index (χ1n) is 10.9. The zero-order chi connectivity index (χ0) is 23.4. The highest BCUT2D eigenvalue weighted by atomic mass is 19.4. The molecule has 2 aromatic rings. The number of piperidine rings is 1. The van der Waals surface area contributed by atoms with Gasteiger partial charge in [0.2, 0.25) is 5.89 Å². The van der Waals surface area contributed by atoms with E-state index in [1.807, 2.05) is 0 Å². The molecule has 11 heteroatoms. The van der Waals surface area contributed by atoms with Crippen molar-refractivity contribution in [1.82, 2.24) is 19.9 Å². The van der Waals surface area contributed by atoms with E-state index in [4.69, 9.17) is 9.26 Å². The van der Waals surface area contributed by atoms with Gasteiger partial charge in [0.15, 0.2) is 5.82 Å². The van der Waals surface area contributed by atoms with E-state index in [0.717, 1.165) is 24.0 Å². The first kappa shape index (κ1) is 23.2. The normalized spacial score (nSPS) is 21.8. The van der Waals surface area contributed by atoms with E-state index in [1.54, 1.807) is 9.80 Å². The molecule has 0 radical (unpaired) electrons. The van der Waals surface area contributed by atoms with E-state index in [2.05, 4.69) is 10.1 Å². The van der Waals surface area contributed by atoms with Crippen LogP contribution in [0.15, 0.2) is 28.8 Å². The van der Waals surface area contributed by atoms with Crippen LogP contribution >= 0.6 is 0 Å². The second kappa shape index (κ2) is 9.90. The number of urea groups is 1. The number of ether oxygens (including phenoxy) is 1. The first-order chi connectivity index (χ1) is 15.8. The Labute approximate surface area is 188 Å². The SMILES string of the molecule is O=CCCc1nc(C2CC(c3ccc(C(F)(F)F)cc3)CN(C(=O)N3CCOCC3)C2)no1. The third-order valence-corrected chi connectivity index (χ3v) is 6.04. The van der Waals surface area contributed by atoms with Crippen molar-refractivity contribution >= 4 is 12.3 Å². The quantitative estimate of drug-likeness (QED) is 0.629. The lowest BCUT2D eigenvalue weighted by molar-refractivity contribution is -0.137. The maximum Gasteiger partial charge on any atom is 0.416 e. The van der Waals surface area contributed by atoms with Gasteiger partial charge in [-0.25, -0.2) is 4.79 Å². The minimum Gasteiger partial charge on any atom is -0.378 e. The number of aryl methyl sites for hydroxylation is 1. The molecule has 0 spiro atoms. The van der Waals surface area contributed by atoms with E-state index in [0.29, 0.717) is 63.9 Å². The Kier molecular flexibility index (Phi) is 6.96. The summed E-state index contributed by atoms with van der Waals surface area (Å²) in [6.07, 6.45) is -2.47. The summed E-state index contributed by atoms with van der Waals surface area (Å²) in [6.45, 7) is 2.67. The maximum absolute atomic E-state index is 13.2. The van der Waals surface area contributed by atoms with Gasteiger partial charge in [0.25, 0.3) is 0 Å². The lowest BCUT2D eigenvalue weighted by atomic mass is 9.84. The molecule has 178 valence electrons. The van der Waals surface area contributed by atoms with Gasteiger partial charge in [-0.3, -0.25) is 0 Å². The molecule has 2 aliphatic rings. The van der Waals surface area contributed by atoms with E-state index in [-0.39, 0.29) is 24.3 Å². The van der Waals surface area contributed by atoms with E-state index in [1.165, 1.54) is 12.1 Å². The van der Waals surface area contributed by atoms with Gasteiger partial charge in [0.05, 0.1) is 18.8 Å². The van der Waals surface area contributed by atoms with Gasteiger partial charge >= 0.3 is 12.2 Å². The van der Waals surface area contributed by atoms with Crippen molar-refractivity contribution < 1.29 is 32.0 Å². The number of amides is 2. The lowest BCUT2D eigenvalue weighted by Gasteiger charge is -2.40. The Morgan fingerprint density at radius 2 is 1.79 bits per heavy atom. The molecule has 0 bridgehead atoms. The number of likely N-dealkylation sites (tertiary alicyclic amines) is 1. The summed E-state index contributed by atoms with van der Waals surface area (Å²) in [5.74, 6) is 0.352. The minimum absolute atomic E-state index is 0.135. The number of hydrogen-bond donors (Lipinski definition) is 0. The van der Waals surface area contributed by atoms with Gasteiger partial charge in [-0.15, -0.1) is 0 Å². The van der Waals surface area contributed by atoms with Crippen LogP contribution in [0.1, 0.15) is 47.5 Å². The topological polar surface area (TPSA) is 88.8 Å². The van der Waals surface area contributed by atoms with Gasteiger partial charge < -0.3 is 23.9 Å². The number of benzene rings is 1. The molecule has 1 aromatic heterocycles. The summed E-state index contributed by atoms with van der Waals surface area (Å²) in [7, 11) is 0. The largest absolute Gasteiger partial charge is 0.416 e. The monoisotopic (exact) mass is 466 g/mol. The number of alkyl halides is 3. The summed E-state index contributed by atoms with van der Waals surface area (Å²) in [5.41, 5.74) is 0.00926. The number of carbonyl (C=O) groups is 2. The molecule has 2 fully saturated rings. The second-order valence-corrected chi connectivity index (χ2v) is 8.29. The van der Waals surface area contributed by atoms with Crippen molar-refractivity contribution in [2.75, 3.05) is 39.4 Å². The number of aromatic nitrogens is 2. The van der Waals surface area contributed by atoms with Gasteiger partial charge in [-0.2, -0.15) is 18.2 Å². The lowest BCUT2D eigenvalue weighted by Crippen LogP contribution is -2.52. The average molecular weight is 466 g/mol. The van der Waals surface area contributed by atoms with Crippen LogP contribution in [0.5, 0.6) is 0 Å². The Balaban J connectivity index is 1.57. The predicted molar refractivity (Wildman–Crippen MR) is 110 cm³/mol. The molecule has 4 rings (SSSR count). The Hall–Kier alpha value is -2.95. The molecular weight excluding hydrogens is 441 g/mol. The average Bonchev–Trinajstić information content (AvgIpc) is 3.31. The molecule has 3 heterocycles. The first-order valence-corrected chi connectivity index (χ1v) is 10.9. The van der Waals surface area contributed by atoms with Gasteiger partial charge in [0, 0.05) is 50.9 Å². The number of aldehydes is 1. The summed E-state index contributed by atoms with van der Waals surface area (Å²) in [4.78, 5) is 31.6. The van der Waals surface area contributed by atoms with Crippen LogP contribution in [0.3, 0.4) is 0 Å². The standard InChI is InChI=1S/C22H25F3N4O4/c23-22(24,25)18-5-3-15(4-6-18)16-12-17(20-26-19(33-27-20)2-1-9-30)14-29(13-16)21(31)28-7-10-32-11-8-28/h3-6,9,16-17H,1-2,7-8,10-14H2. The molecule has 2 atom stereocenters. The molecule has 2 aliphatic heterocycles. The van der Waals surface area contributed by atoms with Gasteiger partial charge in [0.1, 0.15) is 6.29 Å². The molecule has 2 amide bonds. The summed E-state index contributed by atoms with van der Waals surface area (Å²) in [5, 5.41) is 4.05. The molecule has 2 saturated heterocycles. The van der Waals surface area contributed by atoms with Gasteiger partial charge in [-0.1, -0.05) is 17.3 Å². The molecule has 0 saturated carbocycles.